The first-order chi connectivity index (χ1) is 8.17. The van der Waals surface area contributed by atoms with Gasteiger partial charge in [0.15, 0.2) is 16.0 Å². The Labute approximate surface area is 110 Å². The van der Waals surface area contributed by atoms with Gasteiger partial charge in [-0.2, -0.15) is 16.7 Å². The summed E-state index contributed by atoms with van der Waals surface area (Å²) in [6.45, 7) is 0. The van der Waals surface area contributed by atoms with Crippen LogP contribution < -0.4 is 0 Å². The fraction of sp³-hybridized carbons (Fsp3) is 0.400. The number of halogens is 1. The summed E-state index contributed by atoms with van der Waals surface area (Å²) in [5.41, 5.74) is -0.986. The number of aromatic nitrogens is 2. The topological polar surface area (TPSA) is 72.3 Å². The molecule has 0 radical (unpaired) electrons. The summed E-state index contributed by atoms with van der Waals surface area (Å²) in [6, 6.07) is 3.50. The van der Waals surface area contributed by atoms with Gasteiger partial charge in [0.2, 0.25) is 5.82 Å². The van der Waals surface area contributed by atoms with E-state index in [1.165, 1.54) is 0 Å². The molecular formula is C10H9BrN2O3S. The van der Waals surface area contributed by atoms with Gasteiger partial charge in [0.25, 0.3) is 5.89 Å². The predicted octanol–water partition coefficient (Wildman–Crippen LogP) is 2.42. The zero-order valence-corrected chi connectivity index (χ0v) is 11.1. The van der Waals surface area contributed by atoms with Crippen molar-refractivity contribution in [3.05, 3.63) is 22.7 Å². The lowest BCUT2D eigenvalue weighted by Crippen LogP contribution is -2.25. The van der Waals surface area contributed by atoms with E-state index in [-0.39, 0.29) is 5.89 Å². The van der Waals surface area contributed by atoms with E-state index in [1.807, 2.05) is 0 Å². The predicted molar refractivity (Wildman–Crippen MR) is 65.5 cm³/mol. The standard InChI is InChI=1S/C10H9BrN2O3S/c11-7-2-1-6(15-7)8-12-9(16-13-8)10(14)3-4-17-5-10/h1-2,14H,3-5H2. The smallest absolute Gasteiger partial charge is 0.259 e. The molecule has 5 nitrogen and oxygen atoms in total. The highest BCUT2D eigenvalue weighted by Crippen LogP contribution is 2.36. The lowest BCUT2D eigenvalue weighted by molar-refractivity contribution is 0.0307. The van der Waals surface area contributed by atoms with Gasteiger partial charge in [0, 0.05) is 5.75 Å². The van der Waals surface area contributed by atoms with Crippen molar-refractivity contribution in [2.75, 3.05) is 11.5 Å². The van der Waals surface area contributed by atoms with Gasteiger partial charge in [-0.3, -0.25) is 0 Å². The number of thioether (sulfide) groups is 1. The third-order valence-corrected chi connectivity index (χ3v) is 4.22. The van der Waals surface area contributed by atoms with Gasteiger partial charge < -0.3 is 14.0 Å². The van der Waals surface area contributed by atoms with Crippen LogP contribution in [0.3, 0.4) is 0 Å². The first-order valence-corrected chi connectivity index (χ1v) is 7.02. The highest BCUT2D eigenvalue weighted by atomic mass is 79.9. The minimum absolute atomic E-state index is 0.269. The molecule has 2 aromatic heterocycles. The van der Waals surface area contributed by atoms with Crippen LogP contribution >= 0.6 is 27.7 Å². The van der Waals surface area contributed by atoms with Crippen molar-refractivity contribution in [3.63, 3.8) is 0 Å². The normalized spacial score (nSPS) is 24.4. The molecule has 1 atom stereocenters. The number of furan rings is 1. The van der Waals surface area contributed by atoms with E-state index in [9.17, 15) is 5.11 Å². The average molecular weight is 317 g/mol. The first kappa shape index (κ1) is 11.3. The average Bonchev–Trinajstić information content (AvgIpc) is 2.96. The molecule has 1 saturated heterocycles. The summed E-state index contributed by atoms with van der Waals surface area (Å²) in [5.74, 6) is 2.64. The highest BCUT2D eigenvalue weighted by Gasteiger charge is 2.39. The Balaban J connectivity index is 1.92. The van der Waals surface area contributed by atoms with E-state index < -0.39 is 5.60 Å². The molecule has 0 bridgehead atoms. The van der Waals surface area contributed by atoms with E-state index >= 15 is 0 Å². The molecule has 1 aliphatic rings. The third kappa shape index (κ3) is 2.02. The molecule has 3 heterocycles. The van der Waals surface area contributed by atoms with Gasteiger partial charge in [0.05, 0.1) is 0 Å². The van der Waals surface area contributed by atoms with E-state index in [4.69, 9.17) is 8.94 Å². The molecule has 3 rings (SSSR count). The zero-order valence-electron chi connectivity index (χ0n) is 8.72. The Kier molecular flexibility index (Phi) is 2.76. The fourth-order valence-corrected chi connectivity index (χ4v) is 3.21. The largest absolute Gasteiger partial charge is 0.446 e. The van der Waals surface area contributed by atoms with Crippen LogP contribution in [0, 0.1) is 0 Å². The van der Waals surface area contributed by atoms with E-state index in [1.54, 1.807) is 23.9 Å². The molecule has 17 heavy (non-hydrogen) atoms. The fourth-order valence-electron chi connectivity index (χ4n) is 1.67. The minimum atomic E-state index is -0.986. The molecule has 0 saturated carbocycles. The molecule has 1 fully saturated rings. The van der Waals surface area contributed by atoms with Gasteiger partial charge in [-0.05, 0) is 40.2 Å². The van der Waals surface area contributed by atoms with Crippen LogP contribution in [0.4, 0.5) is 0 Å². The van der Waals surface area contributed by atoms with Crippen LogP contribution in [0.1, 0.15) is 12.3 Å². The quantitative estimate of drug-likeness (QED) is 0.917. The molecule has 0 amide bonds. The SMILES string of the molecule is OC1(c2nc(-c3ccc(Br)o3)no2)CCSC1. The van der Waals surface area contributed by atoms with Crippen molar-refractivity contribution >= 4 is 27.7 Å². The molecule has 1 aliphatic heterocycles. The Morgan fingerprint density at radius 2 is 2.35 bits per heavy atom. The second-order valence-corrected chi connectivity index (χ2v) is 5.75. The maximum Gasteiger partial charge on any atom is 0.259 e. The maximum absolute atomic E-state index is 10.3. The van der Waals surface area contributed by atoms with Gasteiger partial charge >= 0.3 is 0 Å². The minimum Gasteiger partial charge on any atom is -0.446 e. The number of hydrogen-bond donors (Lipinski definition) is 1. The summed E-state index contributed by atoms with van der Waals surface area (Å²) in [4.78, 5) is 4.19. The summed E-state index contributed by atoms with van der Waals surface area (Å²) in [6.07, 6.45) is 0.640. The summed E-state index contributed by atoms with van der Waals surface area (Å²) in [7, 11) is 0. The Bertz CT molecular complexity index is 533. The molecule has 1 N–H and O–H groups in total. The molecule has 0 aromatic carbocycles. The molecule has 1 unspecified atom stereocenters. The highest BCUT2D eigenvalue weighted by molar-refractivity contribution is 9.10. The summed E-state index contributed by atoms with van der Waals surface area (Å²) in [5, 5.41) is 14.1. The van der Waals surface area contributed by atoms with Crippen LogP contribution in [0.15, 0.2) is 25.7 Å². The molecule has 90 valence electrons. The van der Waals surface area contributed by atoms with Crippen molar-refractivity contribution in [2.45, 2.75) is 12.0 Å². The number of hydrogen-bond acceptors (Lipinski definition) is 6. The van der Waals surface area contributed by atoms with Crippen LogP contribution in [-0.2, 0) is 5.60 Å². The Hall–Kier alpha value is -0.790. The lowest BCUT2D eigenvalue weighted by Gasteiger charge is -2.14. The van der Waals surface area contributed by atoms with Crippen molar-refractivity contribution in [2.24, 2.45) is 0 Å². The monoisotopic (exact) mass is 316 g/mol. The van der Waals surface area contributed by atoms with Crippen LogP contribution in [0.2, 0.25) is 0 Å². The van der Waals surface area contributed by atoms with E-state index in [0.717, 1.165) is 5.75 Å². The second-order valence-electron chi connectivity index (χ2n) is 3.86. The van der Waals surface area contributed by atoms with Gasteiger partial charge in [-0.1, -0.05) is 5.16 Å². The molecule has 0 aliphatic carbocycles. The van der Waals surface area contributed by atoms with E-state index in [0.29, 0.717) is 28.4 Å². The molecule has 7 heteroatoms. The van der Waals surface area contributed by atoms with Crippen LogP contribution in [0.25, 0.3) is 11.6 Å². The molecular weight excluding hydrogens is 308 g/mol. The third-order valence-electron chi connectivity index (χ3n) is 2.62. The number of nitrogens with zero attached hydrogens (tertiary/aromatic N) is 2. The van der Waals surface area contributed by atoms with Crippen molar-refractivity contribution in [1.29, 1.82) is 0 Å². The Morgan fingerprint density at radius 3 is 3.00 bits per heavy atom. The van der Waals surface area contributed by atoms with Gasteiger partial charge in [-0.15, -0.1) is 0 Å². The van der Waals surface area contributed by atoms with Crippen molar-refractivity contribution < 1.29 is 14.0 Å². The Morgan fingerprint density at radius 1 is 1.47 bits per heavy atom. The maximum atomic E-state index is 10.3. The first-order valence-electron chi connectivity index (χ1n) is 5.07. The lowest BCUT2D eigenvalue weighted by atomic mass is 10.0. The zero-order chi connectivity index (χ0) is 11.9. The van der Waals surface area contributed by atoms with Gasteiger partial charge in [-0.25, -0.2) is 0 Å². The summed E-state index contributed by atoms with van der Waals surface area (Å²) < 4.78 is 11.0. The van der Waals surface area contributed by atoms with Crippen LogP contribution in [-0.4, -0.2) is 26.8 Å². The molecule has 2 aromatic rings. The summed E-state index contributed by atoms with van der Waals surface area (Å²) >= 11 is 4.88. The number of aliphatic hydroxyl groups is 1. The second kappa shape index (κ2) is 4.15. The van der Waals surface area contributed by atoms with Crippen LogP contribution in [0.5, 0.6) is 0 Å². The number of rotatable bonds is 2. The van der Waals surface area contributed by atoms with Gasteiger partial charge in [0.1, 0.15) is 0 Å². The molecule has 0 spiro atoms. The van der Waals surface area contributed by atoms with Crippen molar-refractivity contribution in [1.82, 2.24) is 10.1 Å². The van der Waals surface area contributed by atoms with Crippen molar-refractivity contribution in [3.8, 4) is 11.6 Å². The van der Waals surface area contributed by atoms with E-state index in [2.05, 4.69) is 26.1 Å².